The molecule has 0 aromatic heterocycles. The second-order valence-electron chi connectivity index (χ2n) is 1.97. The van der Waals surface area contributed by atoms with E-state index in [4.69, 9.17) is 0 Å². The molecule has 0 saturated carbocycles. The Morgan fingerprint density at radius 2 is 2.36 bits per heavy atom. The Hall–Kier alpha value is -0.580. The van der Waals surface area contributed by atoms with Crippen molar-refractivity contribution in [3.8, 4) is 0 Å². The van der Waals surface area contributed by atoms with Gasteiger partial charge in [0.05, 0.1) is 0 Å². The quantitative estimate of drug-likeness (QED) is 0.282. The number of hydrogen-bond acceptors (Lipinski definition) is 4. The lowest BCUT2D eigenvalue weighted by Gasteiger charge is -1.95. The van der Waals surface area contributed by atoms with Crippen molar-refractivity contribution < 1.29 is 4.92 Å². The molecule has 0 N–H and O–H groups in total. The van der Waals surface area contributed by atoms with E-state index in [0.717, 1.165) is 6.42 Å². The summed E-state index contributed by atoms with van der Waals surface area (Å²) in [4.78, 5) is 13.7. The zero-order chi connectivity index (χ0) is 8.69. The molecule has 0 aromatic rings. The van der Waals surface area contributed by atoms with Gasteiger partial charge in [0, 0.05) is 11.5 Å². The Bertz CT molecular complexity index is 159. The van der Waals surface area contributed by atoms with E-state index in [1.165, 1.54) is 11.8 Å². The molecule has 64 valence electrons. The van der Waals surface area contributed by atoms with E-state index < -0.39 is 0 Å². The molecule has 0 fully saturated rings. The lowest BCUT2D eigenvalue weighted by atomic mass is 10.5. The fourth-order valence-electron chi connectivity index (χ4n) is 0.526. The van der Waals surface area contributed by atoms with Crippen molar-refractivity contribution in [3.05, 3.63) is 10.1 Å². The molecule has 5 heteroatoms. The second kappa shape index (κ2) is 6.15. The summed E-state index contributed by atoms with van der Waals surface area (Å²) in [5.41, 5.74) is 0. The first-order valence-corrected chi connectivity index (χ1v) is 4.62. The Kier molecular flexibility index (Phi) is 5.83. The van der Waals surface area contributed by atoms with E-state index in [9.17, 15) is 10.1 Å². The fourth-order valence-corrected chi connectivity index (χ4v) is 0.981. The molecule has 0 heterocycles. The molecule has 0 amide bonds. The first-order valence-electron chi connectivity index (χ1n) is 3.39. The molecule has 0 saturated heterocycles. The maximum Gasteiger partial charge on any atom is 0.250 e. The van der Waals surface area contributed by atoms with Crippen molar-refractivity contribution in [1.82, 2.24) is 0 Å². The van der Waals surface area contributed by atoms with Crippen molar-refractivity contribution in [3.63, 3.8) is 0 Å². The van der Waals surface area contributed by atoms with E-state index in [1.54, 1.807) is 6.26 Å². The Morgan fingerprint density at radius 3 is 2.73 bits per heavy atom. The van der Waals surface area contributed by atoms with Gasteiger partial charge in [-0.2, -0.15) is 0 Å². The van der Waals surface area contributed by atoms with Gasteiger partial charge in [0.1, 0.15) is 5.04 Å². The average Bonchev–Trinajstić information content (AvgIpc) is 1.97. The van der Waals surface area contributed by atoms with Crippen LogP contribution in [-0.2, 0) is 0 Å². The van der Waals surface area contributed by atoms with Gasteiger partial charge < -0.3 is 0 Å². The maximum absolute atomic E-state index is 10.0. The molecule has 4 nitrogen and oxygen atoms in total. The number of rotatable bonds is 4. The normalized spacial score (nSPS) is 11.6. The van der Waals surface area contributed by atoms with Crippen LogP contribution >= 0.6 is 11.8 Å². The molecule has 0 aliphatic carbocycles. The molecule has 0 unspecified atom stereocenters. The monoisotopic (exact) mass is 176 g/mol. The summed E-state index contributed by atoms with van der Waals surface area (Å²) in [5, 5.41) is 10.7. The molecule has 0 bridgehead atoms. The fraction of sp³-hybridized carbons (Fsp3) is 0.833. The minimum atomic E-state index is -0.356. The van der Waals surface area contributed by atoms with Crippen molar-refractivity contribution in [2.75, 3.05) is 19.3 Å². The molecule has 0 aliphatic rings. The van der Waals surface area contributed by atoms with E-state index in [1.807, 2.05) is 6.92 Å². The molecule has 11 heavy (non-hydrogen) atoms. The maximum atomic E-state index is 10.0. The molecular formula is C6H12N2O2S. The summed E-state index contributed by atoms with van der Waals surface area (Å²) < 4.78 is 0. The van der Waals surface area contributed by atoms with Crippen LogP contribution in [-0.4, -0.2) is 29.3 Å². The topological polar surface area (TPSA) is 55.5 Å². The van der Waals surface area contributed by atoms with Crippen molar-refractivity contribution in [2.24, 2.45) is 4.99 Å². The van der Waals surface area contributed by atoms with Crippen molar-refractivity contribution in [2.45, 2.75) is 13.3 Å². The Balaban J connectivity index is 3.83. The number of thioether (sulfide) groups is 1. The standard InChI is InChI=1S/C6H12N2O2S/c1-3-4-7-6(11-2)5-8(9)10/h3-5H2,1-2H3. The number of nitrogens with zero attached hydrogens (tertiary/aromatic N) is 2. The minimum Gasteiger partial charge on any atom is -0.276 e. The smallest absolute Gasteiger partial charge is 0.250 e. The molecular weight excluding hydrogens is 164 g/mol. The van der Waals surface area contributed by atoms with Gasteiger partial charge in [-0.25, -0.2) is 0 Å². The highest BCUT2D eigenvalue weighted by atomic mass is 32.2. The highest BCUT2D eigenvalue weighted by Crippen LogP contribution is 1.98. The summed E-state index contributed by atoms with van der Waals surface area (Å²) in [6, 6.07) is 0. The van der Waals surface area contributed by atoms with Crippen LogP contribution in [0.15, 0.2) is 4.99 Å². The second-order valence-corrected chi connectivity index (χ2v) is 2.85. The highest BCUT2D eigenvalue weighted by Gasteiger charge is 2.03. The summed E-state index contributed by atoms with van der Waals surface area (Å²) in [5.74, 6) is 0. The molecule has 0 aromatic carbocycles. The number of nitro groups is 1. The zero-order valence-electron chi connectivity index (χ0n) is 6.74. The van der Waals surface area contributed by atoms with Crippen LogP contribution in [0.2, 0.25) is 0 Å². The van der Waals surface area contributed by atoms with Crippen LogP contribution in [0.3, 0.4) is 0 Å². The van der Waals surface area contributed by atoms with Gasteiger partial charge >= 0.3 is 0 Å². The van der Waals surface area contributed by atoms with Crippen LogP contribution in [0.5, 0.6) is 0 Å². The SMILES string of the molecule is CCCN=C(C[N+](=O)[O-])SC. The highest BCUT2D eigenvalue weighted by molar-refractivity contribution is 8.13. The van der Waals surface area contributed by atoms with Crippen molar-refractivity contribution >= 4 is 16.8 Å². The third kappa shape index (κ3) is 5.84. The first-order chi connectivity index (χ1) is 5.20. The lowest BCUT2D eigenvalue weighted by Crippen LogP contribution is -2.10. The van der Waals surface area contributed by atoms with Crippen LogP contribution in [0, 0.1) is 10.1 Å². The third-order valence-electron chi connectivity index (χ3n) is 1.01. The van der Waals surface area contributed by atoms with Crippen LogP contribution in [0.4, 0.5) is 0 Å². The molecule has 0 rings (SSSR count). The number of aliphatic imine (C=N–C) groups is 1. The van der Waals surface area contributed by atoms with E-state index in [0.29, 0.717) is 11.6 Å². The summed E-state index contributed by atoms with van der Waals surface area (Å²) in [6.45, 7) is 2.54. The van der Waals surface area contributed by atoms with E-state index >= 15 is 0 Å². The van der Waals surface area contributed by atoms with E-state index in [-0.39, 0.29) is 11.5 Å². The summed E-state index contributed by atoms with van der Waals surface area (Å²) in [6.07, 6.45) is 2.74. The van der Waals surface area contributed by atoms with Gasteiger partial charge in [-0.1, -0.05) is 6.92 Å². The molecule has 0 spiro atoms. The summed E-state index contributed by atoms with van der Waals surface area (Å²) in [7, 11) is 0. The third-order valence-corrected chi connectivity index (χ3v) is 1.74. The van der Waals surface area contributed by atoms with Gasteiger partial charge in [0.25, 0.3) is 6.54 Å². The predicted octanol–water partition coefficient (Wildman–Crippen LogP) is 1.43. The first kappa shape index (κ1) is 10.4. The average molecular weight is 176 g/mol. The largest absolute Gasteiger partial charge is 0.276 e. The van der Waals surface area contributed by atoms with E-state index in [2.05, 4.69) is 4.99 Å². The number of hydrogen-bond donors (Lipinski definition) is 0. The van der Waals surface area contributed by atoms with Crippen LogP contribution < -0.4 is 0 Å². The minimum absolute atomic E-state index is 0.138. The van der Waals surface area contributed by atoms with Gasteiger partial charge in [0.15, 0.2) is 0 Å². The molecule has 0 atom stereocenters. The van der Waals surface area contributed by atoms with Gasteiger partial charge in [-0.05, 0) is 12.7 Å². The molecule has 0 aliphatic heterocycles. The van der Waals surface area contributed by atoms with Crippen LogP contribution in [0.1, 0.15) is 13.3 Å². The van der Waals surface area contributed by atoms with Gasteiger partial charge in [-0.3, -0.25) is 15.1 Å². The summed E-state index contributed by atoms with van der Waals surface area (Å²) >= 11 is 1.35. The zero-order valence-corrected chi connectivity index (χ0v) is 7.56. The lowest BCUT2D eigenvalue weighted by molar-refractivity contribution is -0.462. The van der Waals surface area contributed by atoms with Crippen LogP contribution in [0.25, 0.3) is 0 Å². The van der Waals surface area contributed by atoms with Gasteiger partial charge in [-0.15, -0.1) is 11.8 Å². The predicted molar refractivity (Wildman–Crippen MR) is 48.0 cm³/mol. The van der Waals surface area contributed by atoms with Crippen molar-refractivity contribution in [1.29, 1.82) is 0 Å². The van der Waals surface area contributed by atoms with Gasteiger partial charge in [0.2, 0.25) is 0 Å². The molecule has 0 radical (unpaired) electrons. The Morgan fingerprint density at radius 1 is 1.73 bits per heavy atom. The Labute approximate surface area is 70.2 Å².